The summed E-state index contributed by atoms with van der Waals surface area (Å²) >= 11 is 0. The number of carbonyl (C=O) groups is 2. The van der Waals surface area contributed by atoms with Gasteiger partial charge in [-0.15, -0.1) is 0 Å². The van der Waals surface area contributed by atoms with Gasteiger partial charge < -0.3 is 30.4 Å². The molecule has 1 aliphatic heterocycles. The number of hydrogen-bond donors (Lipinski definition) is 3. The first-order valence-corrected chi connectivity index (χ1v) is 14.5. The van der Waals surface area contributed by atoms with Crippen LogP contribution < -0.4 is 16.0 Å². The Hall–Kier alpha value is -4.09. The number of aromatic nitrogens is 1. The average molecular weight is 594 g/mol. The molecule has 3 heterocycles. The number of benzene rings is 1. The number of furan rings is 1. The van der Waals surface area contributed by atoms with Crippen LogP contribution in [0.5, 0.6) is 0 Å². The summed E-state index contributed by atoms with van der Waals surface area (Å²) in [6, 6.07) is 13.5. The highest BCUT2D eigenvalue weighted by atomic mass is 19.3. The maximum Gasteiger partial charge on any atom is 0.302 e. The Morgan fingerprint density at radius 3 is 2.58 bits per heavy atom. The van der Waals surface area contributed by atoms with E-state index in [-0.39, 0.29) is 23.7 Å². The molecule has 4 N–H and O–H groups in total. The van der Waals surface area contributed by atoms with E-state index >= 15 is 0 Å². The van der Waals surface area contributed by atoms with Gasteiger partial charge in [0, 0.05) is 50.5 Å². The van der Waals surface area contributed by atoms with Crippen molar-refractivity contribution in [2.24, 2.45) is 11.1 Å². The summed E-state index contributed by atoms with van der Waals surface area (Å²) in [5.41, 5.74) is 5.95. The molecule has 2 amide bonds. The van der Waals surface area contributed by atoms with Gasteiger partial charge in [-0.3, -0.25) is 9.59 Å². The average Bonchev–Trinajstić information content (AvgIpc) is 3.32. The molecule has 0 saturated carbocycles. The molecule has 11 heteroatoms. The Labute approximate surface area is 249 Å². The van der Waals surface area contributed by atoms with E-state index in [1.807, 2.05) is 11.0 Å². The van der Waals surface area contributed by atoms with Crippen molar-refractivity contribution in [3.63, 3.8) is 0 Å². The Morgan fingerprint density at radius 2 is 1.93 bits per heavy atom. The van der Waals surface area contributed by atoms with Crippen LogP contribution in [0.15, 0.2) is 71.3 Å². The number of carbonyl (C=O) groups excluding carboxylic acids is 2. The molecule has 1 aromatic carbocycles. The normalized spacial score (nSPS) is 20.0. The first-order chi connectivity index (χ1) is 20.6. The predicted octanol–water partition coefficient (Wildman–Crippen LogP) is 5.14. The lowest BCUT2D eigenvalue weighted by Gasteiger charge is -2.38. The third kappa shape index (κ3) is 6.94. The molecule has 3 aromatic rings. The predicted molar refractivity (Wildman–Crippen MR) is 160 cm³/mol. The van der Waals surface area contributed by atoms with E-state index in [1.165, 1.54) is 12.3 Å². The number of anilines is 2. The number of nitrogens with two attached hydrogens (primary N) is 1. The molecular weight excluding hydrogens is 556 g/mol. The fraction of sp³-hybridized carbons (Fsp3) is 0.406. The number of hydrogen-bond acceptors (Lipinski definition) is 7. The maximum absolute atomic E-state index is 14.3. The molecule has 2 unspecified atom stereocenters. The number of aliphatic hydroxyl groups excluding tert-OH is 1. The van der Waals surface area contributed by atoms with E-state index in [1.54, 1.807) is 42.5 Å². The molecule has 2 aliphatic rings. The van der Waals surface area contributed by atoms with Crippen molar-refractivity contribution in [2.45, 2.75) is 51.2 Å². The Morgan fingerprint density at radius 1 is 1.14 bits per heavy atom. The second-order valence-electron chi connectivity index (χ2n) is 11.4. The van der Waals surface area contributed by atoms with Crippen LogP contribution in [0, 0.1) is 5.41 Å². The minimum Gasteiger partial charge on any atom is -0.454 e. The third-order valence-electron chi connectivity index (χ3n) is 8.24. The molecule has 5 rings (SSSR count). The van der Waals surface area contributed by atoms with Crippen LogP contribution in [0.2, 0.25) is 0 Å². The molecule has 1 saturated heterocycles. The van der Waals surface area contributed by atoms with E-state index in [0.717, 1.165) is 12.8 Å². The number of allylic oxidation sites excluding steroid dienone is 2. The number of nitrogens with one attached hydrogen (secondary N) is 1. The summed E-state index contributed by atoms with van der Waals surface area (Å²) in [5, 5.41) is 12.9. The summed E-state index contributed by atoms with van der Waals surface area (Å²) in [4.78, 5) is 34.7. The first-order valence-electron chi connectivity index (χ1n) is 14.5. The zero-order valence-corrected chi connectivity index (χ0v) is 24.1. The van der Waals surface area contributed by atoms with Crippen LogP contribution in [0.4, 0.5) is 20.3 Å². The number of halogens is 2. The number of alkyl halides is 2. The zero-order valence-electron chi connectivity index (χ0n) is 24.1. The monoisotopic (exact) mass is 593 g/mol. The maximum atomic E-state index is 14.3. The molecule has 1 fully saturated rings. The lowest BCUT2D eigenvalue weighted by atomic mass is 9.72. The van der Waals surface area contributed by atoms with E-state index in [9.17, 15) is 23.5 Å². The van der Waals surface area contributed by atoms with Crippen LogP contribution in [0.3, 0.4) is 0 Å². The smallest absolute Gasteiger partial charge is 0.302 e. The van der Waals surface area contributed by atoms with Gasteiger partial charge in [-0.05, 0) is 43.9 Å². The van der Waals surface area contributed by atoms with Crippen molar-refractivity contribution in [1.29, 1.82) is 0 Å². The molecule has 1 aliphatic carbocycles. The van der Waals surface area contributed by atoms with Gasteiger partial charge in [-0.2, -0.15) is 8.78 Å². The van der Waals surface area contributed by atoms with Gasteiger partial charge in [0.15, 0.2) is 5.76 Å². The van der Waals surface area contributed by atoms with Crippen LogP contribution in [0.25, 0.3) is 11.3 Å². The van der Waals surface area contributed by atoms with E-state index in [2.05, 4.69) is 21.3 Å². The van der Waals surface area contributed by atoms with Crippen molar-refractivity contribution in [2.75, 3.05) is 36.4 Å². The molecular formula is C32H37F2N5O4. The summed E-state index contributed by atoms with van der Waals surface area (Å²) in [7, 11) is 0. The van der Waals surface area contributed by atoms with Crippen LogP contribution >= 0.6 is 0 Å². The molecule has 0 bridgehead atoms. The molecule has 2 aromatic heterocycles. The lowest BCUT2D eigenvalue weighted by molar-refractivity contribution is -0.136. The van der Waals surface area contributed by atoms with Crippen molar-refractivity contribution >= 4 is 23.3 Å². The van der Waals surface area contributed by atoms with E-state index in [0.29, 0.717) is 63.0 Å². The molecule has 0 spiro atoms. The Bertz CT molecular complexity index is 1450. The summed E-state index contributed by atoms with van der Waals surface area (Å²) in [6.07, 6.45) is 7.46. The van der Waals surface area contributed by atoms with E-state index in [4.69, 9.17) is 10.2 Å². The number of rotatable bonds is 8. The van der Waals surface area contributed by atoms with Gasteiger partial charge in [0.1, 0.15) is 17.8 Å². The SMILES string of the molecule is CC(F)(F)c1oc(-c2ccccc2)cc1C(=O)Nc1ccc(N2CCCN(C(=O)CC3(C(N)O)CC=CCC3)CC2)nc1. The summed E-state index contributed by atoms with van der Waals surface area (Å²) in [5.74, 6) is -3.95. The van der Waals surface area contributed by atoms with Crippen molar-refractivity contribution < 1.29 is 27.9 Å². The van der Waals surface area contributed by atoms with Gasteiger partial charge in [0.25, 0.3) is 5.91 Å². The highest BCUT2D eigenvalue weighted by Gasteiger charge is 2.39. The number of aliphatic hydroxyl groups is 1. The summed E-state index contributed by atoms with van der Waals surface area (Å²) in [6.45, 7) is 3.04. The fourth-order valence-corrected chi connectivity index (χ4v) is 5.73. The molecule has 2 atom stereocenters. The number of amides is 2. The lowest BCUT2D eigenvalue weighted by Crippen LogP contribution is -2.47. The van der Waals surface area contributed by atoms with Gasteiger partial charge in [-0.25, -0.2) is 4.98 Å². The molecule has 43 heavy (non-hydrogen) atoms. The fourth-order valence-electron chi connectivity index (χ4n) is 5.73. The summed E-state index contributed by atoms with van der Waals surface area (Å²) < 4.78 is 34.1. The minimum atomic E-state index is -3.36. The standard InChI is InChI=1S/C32H37F2N5O4/c1-31(33,34)28-24(19-25(43-28)22-9-4-2-5-10-22)29(41)37-23-11-12-26(36-21-23)38-15-8-16-39(18-17-38)27(40)20-32(30(35)42)13-6-3-7-14-32/h2-6,9-12,19,21,30,42H,7-8,13-18,20,35H2,1H3,(H,37,41). The minimum absolute atomic E-state index is 0.0145. The van der Waals surface area contributed by atoms with Crippen molar-refractivity contribution in [3.05, 3.63) is 78.2 Å². The van der Waals surface area contributed by atoms with Crippen molar-refractivity contribution in [3.8, 4) is 11.3 Å². The first kappa shape index (κ1) is 30.4. The second kappa shape index (κ2) is 12.6. The number of nitrogens with zero attached hydrogens (tertiary/aromatic N) is 3. The van der Waals surface area contributed by atoms with Crippen LogP contribution in [0.1, 0.15) is 55.1 Å². The van der Waals surface area contributed by atoms with Gasteiger partial charge in [0.05, 0.1) is 17.4 Å². The van der Waals surface area contributed by atoms with Gasteiger partial charge >= 0.3 is 5.92 Å². The van der Waals surface area contributed by atoms with Crippen LogP contribution in [-0.4, -0.2) is 59.2 Å². The van der Waals surface area contributed by atoms with Crippen molar-refractivity contribution in [1.82, 2.24) is 9.88 Å². The Balaban J connectivity index is 1.22. The highest BCUT2D eigenvalue weighted by Crippen LogP contribution is 2.39. The molecule has 0 radical (unpaired) electrons. The topological polar surface area (TPSA) is 125 Å². The zero-order chi connectivity index (χ0) is 30.6. The third-order valence-corrected chi connectivity index (χ3v) is 8.24. The molecule has 228 valence electrons. The number of pyridine rings is 1. The van der Waals surface area contributed by atoms with Gasteiger partial charge in [0.2, 0.25) is 5.91 Å². The molecule has 9 nitrogen and oxygen atoms in total. The Kier molecular flexibility index (Phi) is 8.93. The van der Waals surface area contributed by atoms with E-state index < -0.39 is 29.2 Å². The van der Waals surface area contributed by atoms with Gasteiger partial charge in [-0.1, -0.05) is 42.5 Å². The quantitative estimate of drug-likeness (QED) is 0.244. The second-order valence-corrected chi connectivity index (χ2v) is 11.4. The highest BCUT2D eigenvalue weighted by molar-refractivity contribution is 6.05. The largest absolute Gasteiger partial charge is 0.454 e. The van der Waals surface area contributed by atoms with Crippen LogP contribution in [-0.2, 0) is 10.7 Å².